The largest absolute Gasteiger partial charge is 0.393 e. The molecule has 0 aliphatic carbocycles. The number of piperidine rings is 1. The van der Waals surface area contributed by atoms with E-state index in [-0.39, 0.29) is 12.0 Å². The van der Waals surface area contributed by atoms with Crippen molar-refractivity contribution in [3.63, 3.8) is 0 Å². The minimum atomic E-state index is -0.278. The average Bonchev–Trinajstić information content (AvgIpc) is 2.38. The first-order valence-corrected chi connectivity index (χ1v) is 6.79. The van der Waals surface area contributed by atoms with Crippen molar-refractivity contribution in [2.45, 2.75) is 30.8 Å². The number of aliphatic hydroxyl groups excluding tert-OH is 1. The number of rotatable bonds is 2. The Morgan fingerprint density at radius 1 is 1.39 bits per heavy atom. The normalized spacial score (nSPS) is 18.7. The number of thiol groups is 1. The summed E-state index contributed by atoms with van der Waals surface area (Å²) in [5.41, 5.74) is 0.663. The molecule has 1 saturated heterocycles. The summed E-state index contributed by atoms with van der Waals surface area (Å²) in [6.45, 7) is 3.26. The first-order chi connectivity index (χ1) is 8.59. The van der Waals surface area contributed by atoms with E-state index >= 15 is 0 Å². The van der Waals surface area contributed by atoms with E-state index in [1.165, 1.54) is 0 Å². The van der Waals surface area contributed by atoms with Gasteiger partial charge in [0.1, 0.15) is 0 Å². The van der Waals surface area contributed by atoms with Crippen LogP contribution >= 0.6 is 12.6 Å². The van der Waals surface area contributed by atoms with E-state index in [1.807, 2.05) is 36.1 Å². The van der Waals surface area contributed by atoms with Gasteiger partial charge >= 0.3 is 0 Å². The summed E-state index contributed by atoms with van der Waals surface area (Å²) in [4.78, 5) is 14.9. The van der Waals surface area contributed by atoms with Crippen LogP contribution in [-0.2, 0) is 0 Å². The van der Waals surface area contributed by atoms with Gasteiger partial charge in [0.15, 0.2) is 0 Å². The summed E-state index contributed by atoms with van der Waals surface area (Å²) in [6, 6.07) is 7.37. The van der Waals surface area contributed by atoms with Gasteiger partial charge in [-0.25, -0.2) is 0 Å². The van der Waals surface area contributed by atoms with Gasteiger partial charge in [-0.2, -0.15) is 0 Å². The van der Waals surface area contributed by atoms with Crippen molar-refractivity contribution < 1.29 is 9.90 Å². The summed E-state index contributed by atoms with van der Waals surface area (Å²) in [5, 5.41) is 9.55. The second kappa shape index (κ2) is 5.76. The number of carbonyl (C=O) groups excluding carboxylic acids is 1. The lowest BCUT2D eigenvalue weighted by atomic mass is 9.92. The van der Waals surface area contributed by atoms with Gasteiger partial charge in [-0.3, -0.25) is 4.79 Å². The molecule has 3 nitrogen and oxygen atoms in total. The molecule has 1 N–H and O–H groups in total. The Balaban J connectivity index is 2.02. The van der Waals surface area contributed by atoms with E-state index in [2.05, 4.69) is 12.6 Å². The Bertz CT molecular complexity index is 426. The van der Waals surface area contributed by atoms with E-state index in [9.17, 15) is 9.90 Å². The van der Waals surface area contributed by atoms with Crippen LogP contribution < -0.4 is 0 Å². The first kappa shape index (κ1) is 13.4. The molecule has 1 aromatic carbocycles. The molecule has 98 valence electrons. The minimum absolute atomic E-state index is 0.0460. The zero-order valence-corrected chi connectivity index (χ0v) is 11.4. The molecular formula is C14H19NO2S. The third-order valence-corrected chi connectivity index (χ3v) is 4.03. The van der Waals surface area contributed by atoms with Crippen LogP contribution in [0.25, 0.3) is 0 Å². The highest BCUT2D eigenvalue weighted by Crippen LogP contribution is 2.23. The quantitative estimate of drug-likeness (QED) is 0.805. The fourth-order valence-corrected chi connectivity index (χ4v) is 2.67. The first-order valence-electron chi connectivity index (χ1n) is 6.35. The number of hydrogen-bond acceptors (Lipinski definition) is 3. The van der Waals surface area contributed by atoms with Gasteiger partial charge < -0.3 is 10.0 Å². The molecule has 1 aromatic rings. The smallest absolute Gasteiger partial charge is 0.254 e. The van der Waals surface area contributed by atoms with E-state index in [4.69, 9.17) is 0 Å². The summed E-state index contributed by atoms with van der Waals surface area (Å²) in [7, 11) is 0. The molecule has 4 heteroatoms. The lowest BCUT2D eigenvalue weighted by Gasteiger charge is -2.33. The maximum absolute atomic E-state index is 12.3. The second-order valence-electron chi connectivity index (χ2n) is 4.89. The van der Waals surface area contributed by atoms with Crippen molar-refractivity contribution in [3.8, 4) is 0 Å². The van der Waals surface area contributed by atoms with Crippen LogP contribution in [0.5, 0.6) is 0 Å². The highest BCUT2D eigenvalue weighted by atomic mass is 32.1. The van der Waals surface area contributed by atoms with Crippen LogP contribution in [0.4, 0.5) is 0 Å². The Labute approximate surface area is 113 Å². The zero-order valence-electron chi connectivity index (χ0n) is 10.5. The summed E-state index contributed by atoms with van der Waals surface area (Å²) >= 11 is 4.32. The Hall–Kier alpha value is -1.00. The number of benzene rings is 1. The van der Waals surface area contributed by atoms with Gasteiger partial charge in [-0.1, -0.05) is 12.1 Å². The van der Waals surface area contributed by atoms with Gasteiger partial charge in [0.25, 0.3) is 5.91 Å². The molecule has 1 amide bonds. The molecule has 1 heterocycles. The predicted octanol–water partition coefficient (Wildman–Crippen LogP) is 2.21. The number of amides is 1. The van der Waals surface area contributed by atoms with Crippen LogP contribution in [0, 0.1) is 5.92 Å². The molecule has 1 aliphatic rings. The number of likely N-dealkylation sites (tertiary alicyclic amines) is 1. The Kier molecular flexibility index (Phi) is 4.30. The maximum atomic E-state index is 12.3. The fourth-order valence-electron chi connectivity index (χ4n) is 2.41. The molecule has 1 unspecified atom stereocenters. The Morgan fingerprint density at radius 3 is 2.56 bits per heavy atom. The Morgan fingerprint density at radius 2 is 2.00 bits per heavy atom. The molecule has 1 aliphatic heterocycles. The molecule has 0 bridgehead atoms. The molecule has 1 fully saturated rings. The maximum Gasteiger partial charge on any atom is 0.254 e. The van der Waals surface area contributed by atoms with Crippen LogP contribution in [-0.4, -0.2) is 35.1 Å². The third kappa shape index (κ3) is 2.87. The summed E-state index contributed by atoms with van der Waals surface area (Å²) in [6.07, 6.45) is 1.47. The lowest BCUT2D eigenvalue weighted by molar-refractivity contribution is 0.0519. The van der Waals surface area contributed by atoms with Crippen LogP contribution in [0.15, 0.2) is 29.2 Å². The van der Waals surface area contributed by atoms with Crippen molar-refractivity contribution >= 4 is 18.5 Å². The van der Waals surface area contributed by atoms with Crippen LogP contribution in [0.3, 0.4) is 0 Å². The average molecular weight is 265 g/mol. The van der Waals surface area contributed by atoms with Gasteiger partial charge in [0.05, 0.1) is 11.7 Å². The second-order valence-corrected chi connectivity index (χ2v) is 5.37. The highest BCUT2D eigenvalue weighted by Gasteiger charge is 2.26. The number of hydrogen-bond donors (Lipinski definition) is 2. The predicted molar refractivity (Wildman–Crippen MR) is 74.0 cm³/mol. The van der Waals surface area contributed by atoms with E-state index in [1.54, 1.807) is 0 Å². The SMILES string of the molecule is CC(O)C1CCN(C(=O)c2ccccc2S)CC1. The highest BCUT2D eigenvalue weighted by molar-refractivity contribution is 7.80. The number of aliphatic hydroxyl groups is 1. The van der Waals surface area contributed by atoms with E-state index < -0.39 is 0 Å². The monoisotopic (exact) mass is 265 g/mol. The van der Waals surface area contributed by atoms with Gasteiger partial charge in [-0.15, -0.1) is 12.6 Å². The van der Waals surface area contributed by atoms with E-state index in [0.717, 1.165) is 30.8 Å². The zero-order chi connectivity index (χ0) is 13.1. The molecule has 0 spiro atoms. The lowest BCUT2D eigenvalue weighted by Crippen LogP contribution is -2.40. The number of carbonyl (C=O) groups is 1. The molecule has 1 atom stereocenters. The molecule has 0 aromatic heterocycles. The molecular weight excluding hydrogens is 246 g/mol. The van der Waals surface area contributed by atoms with Gasteiger partial charge in [0.2, 0.25) is 0 Å². The van der Waals surface area contributed by atoms with Crippen molar-refractivity contribution in [3.05, 3.63) is 29.8 Å². The van der Waals surface area contributed by atoms with Crippen LogP contribution in [0.1, 0.15) is 30.1 Å². The van der Waals surface area contributed by atoms with Crippen molar-refractivity contribution in [2.75, 3.05) is 13.1 Å². The van der Waals surface area contributed by atoms with Crippen LogP contribution in [0.2, 0.25) is 0 Å². The topological polar surface area (TPSA) is 40.5 Å². The van der Waals surface area contributed by atoms with Crippen molar-refractivity contribution in [2.24, 2.45) is 5.92 Å². The third-order valence-electron chi connectivity index (χ3n) is 3.64. The fraction of sp³-hybridized carbons (Fsp3) is 0.500. The molecule has 2 rings (SSSR count). The van der Waals surface area contributed by atoms with E-state index in [0.29, 0.717) is 11.5 Å². The summed E-state index contributed by atoms with van der Waals surface area (Å²) in [5.74, 6) is 0.366. The van der Waals surface area contributed by atoms with Gasteiger partial charge in [-0.05, 0) is 37.8 Å². The number of nitrogens with zero attached hydrogens (tertiary/aromatic N) is 1. The molecule has 18 heavy (non-hydrogen) atoms. The molecule has 0 saturated carbocycles. The molecule has 0 radical (unpaired) electrons. The van der Waals surface area contributed by atoms with Gasteiger partial charge in [0, 0.05) is 18.0 Å². The van der Waals surface area contributed by atoms with Crippen molar-refractivity contribution in [1.29, 1.82) is 0 Å². The standard InChI is InChI=1S/C14H19NO2S/c1-10(16)11-6-8-15(9-7-11)14(17)12-4-2-3-5-13(12)18/h2-5,10-11,16,18H,6-9H2,1H3. The minimum Gasteiger partial charge on any atom is -0.393 e. The summed E-state index contributed by atoms with van der Waals surface area (Å²) < 4.78 is 0. The van der Waals surface area contributed by atoms with Crippen molar-refractivity contribution in [1.82, 2.24) is 4.90 Å².